The number of allylic oxidation sites excluding steroid dienone is 8. The molecule has 1 heteroatoms. The Morgan fingerprint density at radius 1 is 0.733 bits per heavy atom. The molecule has 2 saturated carbocycles. The Morgan fingerprint density at radius 3 is 1.93 bits per heavy atom. The molecule has 0 amide bonds. The quantitative estimate of drug-likeness (QED) is 0.440. The predicted molar refractivity (Wildman–Crippen MR) is 132 cm³/mol. The van der Waals surface area contributed by atoms with Gasteiger partial charge in [0.2, 0.25) is 0 Å². The van der Waals surface area contributed by atoms with Crippen molar-refractivity contribution in [3.05, 3.63) is 84.0 Å². The normalized spacial score (nSPS) is 41.8. The molecule has 0 radical (unpaired) electrons. The maximum atomic E-state index is 2.76. The molecule has 0 aromatic heterocycles. The van der Waals surface area contributed by atoms with E-state index in [9.17, 15) is 0 Å². The van der Waals surface area contributed by atoms with Crippen LogP contribution in [0.3, 0.4) is 0 Å². The van der Waals surface area contributed by atoms with Crippen molar-refractivity contribution in [2.75, 3.05) is 0 Å². The summed E-state index contributed by atoms with van der Waals surface area (Å²) in [6, 6.07) is 9.25. The van der Waals surface area contributed by atoms with Gasteiger partial charge in [0.1, 0.15) is 0 Å². The van der Waals surface area contributed by atoms with Gasteiger partial charge in [-0.25, -0.2) is 0 Å². The highest BCUT2D eigenvalue weighted by atomic mass is 28.3. The molecule has 1 aromatic rings. The zero-order valence-corrected chi connectivity index (χ0v) is 20.3. The SMILES string of the molecule is Cc1ccccc1C1CC2C=CC=CC2C1[Si](C)(C)C1C(C)C2C=CC=CC2C1C. The van der Waals surface area contributed by atoms with Gasteiger partial charge in [0, 0.05) is 0 Å². The van der Waals surface area contributed by atoms with Crippen LogP contribution < -0.4 is 0 Å². The van der Waals surface area contributed by atoms with Crippen molar-refractivity contribution in [2.45, 2.75) is 57.3 Å². The molecule has 0 nitrogen and oxygen atoms in total. The fourth-order valence-electron chi connectivity index (χ4n) is 8.57. The van der Waals surface area contributed by atoms with Gasteiger partial charge in [0.25, 0.3) is 0 Å². The molecule has 2 fully saturated rings. The Bertz CT molecular complexity index is 892. The highest BCUT2D eigenvalue weighted by Gasteiger charge is 2.58. The molecule has 5 rings (SSSR count). The van der Waals surface area contributed by atoms with Crippen molar-refractivity contribution in [3.8, 4) is 0 Å². The number of aryl methyl sites for hydroxylation is 1. The van der Waals surface area contributed by atoms with Crippen molar-refractivity contribution < 1.29 is 0 Å². The summed E-state index contributed by atoms with van der Waals surface area (Å²) < 4.78 is 0. The van der Waals surface area contributed by atoms with Gasteiger partial charge < -0.3 is 0 Å². The summed E-state index contributed by atoms with van der Waals surface area (Å²) in [4.78, 5) is 0. The van der Waals surface area contributed by atoms with Crippen LogP contribution in [-0.2, 0) is 0 Å². The van der Waals surface area contributed by atoms with E-state index in [-0.39, 0.29) is 0 Å². The molecule has 0 N–H and O–H groups in total. The lowest BCUT2D eigenvalue weighted by atomic mass is 9.85. The van der Waals surface area contributed by atoms with E-state index in [0.717, 1.165) is 46.6 Å². The van der Waals surface area contributed by atoms with Crippen LogP contribution in [0.4, 0.5) is 0 Å². The zero-order chi connectivity index (χ0) is 21.0. The molecule has 0 spiro atoms. The summed E-state index contributed by atoms with van der Waals surface area (Å²) in [5.41, 5.74) is 4.84. The van der Waals surface area contributed by atoms with Crippen LogP contribution in [-0.4, -0.2) is 8.07 Å². The molecule has 0 aliphatic heterocycles. The summed E-state index contributed by atoms with van der Waals surface area (Å²) in [6.07, 6.45) is 20.7. The van der Waals surface area contributed by atoms with Gasteiger partial charge in [-0.2, -0.15) is 0 Å². The molecule has 0 heterocycles. The third-order valence-electron chi connectivity index (χ3n) is 9.55. The summed E-state index contributed by atoms with van der Waals surface area (Å²) in [5.74, 6) is 5.26. The van der Waals surface area contributed by atoms with E-state index in [4.69, 9.17) is 0 Å². The van der Waals surface area contributed by atoms with Gasteiger partial charge in [-0.05, 0) is 77.0 Å². The van der Waals surface area contributed by atoms with Crippen LogP contribution in [0.15, 0.2) is 72.9 Å². The number of benzene rings is 1. The molecule has 8 atom stereocenters. The van der Waals surface area contributed by atoms with Crippen LogP contribution >= 0.6 is 0 Å². The Kier molecular flexibility index (Phi) is 5.09. The topological polar surface area (TPSA) is 0 Å². The summed E-state index contributed by atoms with van der Waals surface area (Å²) in [6.45, 7) is 13.0. The van der Waals surface area contributed by atoms with E-state index in [0.29, 0.717) is 5.92 Å². The largest absolute Gasteiger partial charge is 0.0808 e. The van der Waals surface area contributed by atoms with Gasteiger partial charge in [0.15, 0.2) is 0 Å². The predicted octanol–water partition coefficient (Wildman–Crippen LogP) is 7.93. The fourth-order valence-corrected chi connectivity index (χ4v) is 14.9. The van der Waals surface area contributed by atoms with Gasteiger partial charge in [-0.15, -0.1) is 0 Å². The van der Waals surface area contributed by atoms with Crippen LogP contribution in [0.2, 0.25) is 24.2 Å². The Balaban J connectivity index is 1.57. The van der Waals surface area contributed by atoms with Crippen LogP contribution in [0.1, 0.15) is 37.3 Å². The third kappa shape index (κ3) is 3.00. The Morgan fingerprint density at radius 2 is 1.30 bits per heavy atom. The Labute approximate surface area is 184 Å². The minimum Gasteiger partial charge on any atom is -0.0808 e. The van der Waals surface area contributed by atoms with Gasteiger partial charge in [-0.3, -0.25) is 0 Å². The molecule has 4 aliphatic carbocycles. The lowest BCUT2D eigenvalue weighted by molar-refractivity contribution is 0.427. The summed E-state index contributed by atoms with van der Waals surface area (Å²) in [5, 5.41) is 0. The Hall–Kier alpha value is -1.60. The lowest BCUT2D eigenvalue weighted by Gasteiger charge is -2.46. The maximum absolute atomic E-state index is 2.76. The van der Waals surface area contributed by atoms with Gasteiger partial charge in [0.05, 0.1) is 8.07 Å². The van der Waals surface area contributed by atoms with E-state index in [1.165, 1.54) is 12.0 Å². The van der Waals surface area contributed by atoms with E-state index in [1.54, 1.807) is 5.56 Å². The second-order valence-corrected chi connectivity index (χ2v) is 16.2. The average molecular weight is 415 g/mol. The first-order valence-electron chi connectivity index (χ1n) is 12.2. The highest BCUT2D eigenvalue weighted by Crippen LogP contribution is 2.65. The molecular weight excluding hydrogens is 376 g/mol. The van der Waals surface area contributed by atoms with E-state index < -0.39 is 8.07 Å². The van der Waals surface area contributed by atoms with Gasteiger partial charge in [-0.1, -0.05) is 99.8 Å². The minimum atomic E-state index is -1.58. The van der Waals surface area contributed by atoms with E-state index in [2.05, 4.69) is 107 Å². The number of hydrogen-bond acceptors (Lipinski definition) is 0. The molecule has 4 aliphatic rings. The minimum absolute atomic E-state index is 0.711. The zero-order valence-electron chi connectivity index (χ0n) is 19.3. The summed E-state index contributed by atoms with van der Waals surface area (Å²) in [7, 11) is -1.58. The fraction of sp³-hybridized carbons (Fsp3) is 0.517. The number of rotatable bonds is 3. The average Bonchev–Trinajstić information content (AvgIpc) is 3.25. The van der Waals surface area contributed by atoms with Crippen LogP contribution in [0.5, 0.6) is 0 Å². The number of hydrogen-bond donors (Lipinski definition) is 0. The maximum Gasteiger partial charge on any atom is 0.0553 e. The molecule has 0 bridgehead atoms. The lowest BCUT2D eigenvalue weighted by Crippen LogP contribution is -2.45. The molecule has 0 saturated heterocycles. The van der Waals surface area contributed by atoms with E-state index in [1.807, 2.05) is 0 Å². The first kappa shape index (κ1) is 20.3. The molecule has 8 unspecified atom stereocenters. The van der Waals surface area contributed by atoms with Crippen molar-refractivity contribution in [1.82, 2.24) is 0 Å². The second kappa shape index (κ2) is 7.52. The van der Waals surface area contributed by atoms with Crippen molar-refractivity contribution in [2.24, 2.45) is 35.5 Å². The second-order valence-electron chi connectivity index (χ2n) is 11.2. The van der Waals surface area contributed by atoms with Crippen molar-refractivity contribution >= 4 is 8.07 Å². The molecule has 1 aromatic carbocycles. The van der Waals surface area contributed by atoms with Crippen LogP contribution in [0.25, 0.3) is 0 Å². The van der Waals surface area contributed by atoms with Gasteiger partial charge >= 0.3 is 0 Å². The standard InChI is InChI=1S/C29H38Si/c1-19-12-6-8-14-23(19)27-18-22-13-7-9-17-26(22)29(27)30(4,5)28-20(2)24-15-10-11-16-25(24)21(28)3/h6-17,20-22,24-29H,18H2,1-5H3. The van der Waals surface area contributed by atoms with Crippen molar-refractivity contribution in [1.29, 1.82) is 0 Å². The van der Waals surface area contributed by atoms with E-state index >= 15 is 0 Å². The molecule has 30 heavy (non-hydrogen) atoms. The molecule has 158 valence electrons. The first-order valence-corrected chi connectivity index (χ1v) is 15.3. The molecular formula is C29H38Si. The number of fused-ring (bicyclic) bond motifs is 2. The van der Waals surface area contributed by atoms with Crippen molar-refractivity contribution in [3.63, 3.8) is 0 Å². The monoisotopic (exact) mass is 414 g/mol. The summed E-state index contributed by atoms with van der Waals surface area (Å²) >= 11 is 0. The first-order chi connectivity index (χ1) is 14.4. The van der Waals surface area contributed by atoms with Crippen LogP contribution in [0, 0.1) is 42.4 Å². The highest BCUT2D eigenvalue weighted by molar-refractivity contribution is 6.80. The smallest absolute Gasteiger partial charge is 0.0553 e. The third-order valence-corrected chi connectivity index (χ3v) is 14.8.